The highest BCUT2D eigenvalue weighted by atomic mass is 16.4. The van der Waals surface area contributed by atoms with Gasteiger partial charge in [-0.05, 0) is 17.9 Å². The van der Waals surface area contributed by atoms with Crippen LogP contribution in [0.1, 0.15) is 20.3 Å². The van der Waals surface area contributed by atoms with Crippen LogP contribution >= 0.6 is 0 Å². The minimum Gasteiger partial charge on any atom is -0.408 e. The SMILES string of the molecule is CC1(C)CC1Nc1cc2[nH]c(=O)oc2cc1N. The normalized spacial score (nSPS) is 21.6. The van der Waals surface area contributed by atoms with Crippen LogP contribution in [0.15, 0.2) is 21.3 Å². The van der Waals surface area contributed by atoms with Crippen LogP contribution in [0.3, 0.4) is 0 Å². The van der Waals surface area contributed by atoms with E-state index < -0.39 is 5.76 Å². The van der Waals surface area contributed by atoms with Gasteiger partial charge in [-0.3, -0.25) is 4.98 Å². The molecule has 17 heavy (non-hydrogen) atoms. The van der Waals surface area contributed by atoms with E-state index in [9.17, 15) is 4.79 Å². The molecule has 0 saturated heterocycles. The zero-order chi connectivity index (χ0) is 12.2. The molecule has 4 N–H and O–H groups in total. The molecule has 5 nitrogen and oxygen atoms in total. The van der Waals surface area contributed by atoms with Crippen molar-refractivity contribution in [3.8, 4) is 0 Å². The van der Waals surface area contributed by atoms with Gasteiger partial charge >= 0.3 is 5.76 Å². The van der Waals surface area contributed by atoms with Gasteiger partial charge in [0.05, 0.1) is 16.9 Å². The monoisotopic (exact) mass is 233 g/mol. The molecule has 1 heterocycles. The third-order valence-corrected chi connectivity index (χ3v) is 3.43. The molecule has 2 aromatic rings. The molecule has 1 aromatic carbocycles. The number of hydrogen-bond donors (Lipinski definition) is 3. The molecule has 0 radical (unpaired) electrons. The number of hydrogen-bond acceptors (Lipinski definition) is 4. The Kier molecular flexibility index (Phi) is 1.85. The predicted octanol–water partition coefficient (Wildman–Crippen LogP) is 1.91. The molecule has 1 aliphatic carbocycles. The molecule has 1 fully saturated rings. The number of nitrogens with one attached hydrogen (secondary N) is 2. The van der Waals surface area contributed by atoms with E-state index in [1.54, 1.807) is 6.07 Å². The fourth-order valence-electron chi connectivity index (χ4n) is 2.04. The van der Waals surface area contributed by atoms with Gasteiger partial charge in [-0.1, -0.05) is 13.8 Å². The fraction of sp³-hybridized carbons (Fsp3) is 0.417. The summed E-state index contributed by atoms with van der Waals surface area (Å²) in [7, 11) is 0. The highest BCUT2D eigenvalue weighted by Crippen LogP contribution is 2.47. The Labute approximate surface area is 98.0 Å². The molecular weight excluding hydrogens is 218 g/mol. The number of benzene rings is 1. The highest BCUT2D eigenvalue weighted by Gasteiger charge is 2.45. The Hall–Kier alpha value is -1.91. The standard InChI is InChI=1S/C12H15N3O2/c1-12(2)5-10(12)14-7-4-8-9(3-6(7)13)17-11(16)15-8/h3-4,10,14H,5,13H2,1-2H3,(H,15,16). The van der Waals surface area contributed by atoms with Crippen molar-refractivity contribution in [3.05, 3.63) is 22.7 Å². The van der Waals surface area contributed by atoms with E-state index >= 15 is 0 Å². The number of nitrogen functional groups attached to an aromatic ring is 1. The van der Waals surface area contributed by atoms with Crippen molar-refractivity contribution in [1.82, 2.24) is 4.98 Å². The Morgan fingerprint density at radius 2 is 2.24 bits per heavy atom. The summed E-state index contributed by atoms with van der Waals surface area (Å²) >= 11 is 0. The molecule has 0 spiro atoms. The molecule has 1 aromatic heterocycles. The van der Waals surface area contributed by atoms with E-state index in [1.165, 1.54) is 0 Å². The van der Waals surface area contributed by atoms with Crippen molar-refractivity contribution < 1.29 is 4.42 Å². The first kappa shape index (κ1) is 10.3. The number of oxazole rings is 1. The number of aromatic amines is 1. The van der Waals surface area contributed by atoms with Gasteiger partial charge in [0.2, 0.25) is 0 Å². The van der Waals surface area contributed by atoms with Crippen LogP contribution in [0.2, 0.25) is 0 Å². The summed E-state index contributed by atoms with van der Waals surface area (Å²) in [4.78, 5) is 13.7. The second-order valence-electron chi connectivity index (χ2n) is 5.34. The van der Waals surface area contributed by atoms with Crippen LogP contribution < -0.4 is 16.8 Å². The third kappa shape index (κ3) is 1.67. The van der Waals surface area contributed by atoms with Crippen LogP contribution in [0, 0.1) is 5.41 Å². The smallest absolute Gasteiger partial charge is 0.408 e. The van der Waals surface area contributed by atoms with Gasteiger partial charge in [0, 0.05) is 12.1 Å². The summed E-state index contributed by atoms with van der Waals surface area (Å²) in [5.74, 6) is -0.455. The van der Waals surface area contributed by atoms with Crippen LogP contribution in [0.5, 0.6) is 0 Å². The lowest BCUT2D eigenvalue weighted by Crippen LogP contribution is -2.09. The zero-order valence-corrected chi connectivity index (χ0v) is 9.83. The van der Waals surface area contributed by atoms with E-state index in [1.807, 2.05) is 6.07 Å². The Balaban J connectivity index is 1.99. The number of nitrogens with two attached hydrogens (primary N) is 1. The Morgan fingerprint density at radius 1 is 1.53 bits per heavy atom. The van der Waals surface area contributed by atoms with Crippen molar-refractivity contribution in [3.63, 3.8) is 0 Å². The van der Waals surface area contributed by atoms with Gasteiger partial charge < -0.3 is 15.5 Å². The van der Waals surface area contributed by atoms with E-state index in [-0.39, 0.29) is 0 Å². The summed E-state index contributed by atoms with van der Waals surface area (Å²) in [5.41, 5.74) is 8.86. The maximum atomic E-state index is 11.1. The van der Waals surface area contributed by atoms with Crippen LogP contribution in [-0.2, 0) is 0 Å². The highest BCUT2D eigenvalue weighted by molar-refractivity contribution is 5.85. The van der Waals surface area contributed by atoms with E-state index in [0.717, 1.165) is 12.1 Å². The maximum Gasteiger partial charge on any atom is 0.417 e. The number of anilines is 2. The molecule has 5 heteroatoms. The summed E-state index contributed by atoms with van der Waals surface area (Å²) in [5, 5.41) is 3.39. The van der Waals surface area contributed by atoms with Crippen LogP contribution in [0.25, 0.3) is 11.1 Å². The van der Waals surface area contributed by atoms with Gasteiger partial charge in [0.25, 0.3) is 0 Å². The first-order valence-corrected chi connectivity index (χ1v) is 5.64. The Morgan fingerprint density at radius 3 is 2.88 bits per heavy atom. The second kappa shape index (κ2) is 3.06. The minimum absolute atomic E-state index is 0.325. The topological polar surface area (TPSA) is 84.0 Å². The summed E-state index contributed by atoms with van der Waals surface area (Å²) in [6.45, 7) is 4.41. The molecular formula is C12H15N3O2. The van der Waals surface area contributed by atoms with E-state index in [2.05, 4.69) is 24.1 Å². The molecule has 1 saturated carbocycles. The van der Waals surface area contributed by atoms with Gasteiger partial charge in [0.15, 0.2) is 5.58 Å². The Bertz CT molecular complexity index is 639. The lowest BCUT2D eigenvalue weighted by atomic mass is 10.2. The van der Waals surface area contributed by atoms with Crippen molar-refractivity contribution in [1.29, 1.82) is 0 Å². The summed E-state index contributed by atoms with van der Waals surface area (Å²) < 4.78 is 4.95. The zero-order valence-electron chi connectivity index (χ0n) is 9.83. The summed E-state index contributed by atoms with van der Waals surface area (Å²) in [6, 6.07) is 3.94. The number of rotatable bonds is 2. The molecule has 1 atom stereocenters. The van der Waals surface area contributed by atoms with Crippen molar-refractivity contribution >= 4 is 22.5 Å². The number of fused-ring (bicyclic) bond motifs is 1. The van der Waals surface area contributed by atoms with E-state index in [0.29, 0.717) is 28.2 Å². The first-order valence-electron chi connectivity index (χ1n) is 5.64. The lowest BCUT2D eigenvalue weighted by molar-refractivity contribution is 0.555. The average Bonchev–Trinajstić information content (AvgIpc) is 2.65. The molecule has 1 aliphatic rings. The van der Waals surface area contributed by atoms with Gasteiger partial charge in [0.1, 0.15) is 0 Å². The quantitative estimate of drug-likeness (QED) is 0.692. The predicted molar refractivity (Wildman–Crippen MR) is 67.1 cm³/mol. The molecule has 0 amide bonds. The van der Waals surface area contributed by atoms with Crippen LogP contribution in [-0.4, -0.2) is 11.0 Å². The van der Waals surface area contributed by atoms with E-state index in [4.69, 9.17) is 10.2 Å². The first-order chi connectivity index (χ1) is 7.95. The minimum atomic E-state index is -0.455. The van der Waals surface area contributed by atoms with Crippen molar-refractivity contribution in [2.45, 2.75) is 26.3 Å². The number of H-pyrrole nitrogens is 1. The molecule has 1 unspecified atom stereocenters. The second-order valence-corrected chi connectivity index (χ2v) is 5.34. The largest absolute Gasteiger partial charge is 0.417 e. The van der Waals surface area contributed by atoms with Gasteiger partial charge in [-0.2, -0.15) is 0 Å². The van der Waals surface area contributed by atoms with Gasteiger partial charge in [-0.15, -0.1) is 0 Å². The van der Waals surface area contributed by atoms with Crippen LogP contribution in [0.4, 0.5) is 11.4 Å². The molecule has 3 rings (SSSR count). The fourth-order valence-corrected chi connectivity index (χ4v) is 2.04. The third-order valence-electron chi connectivity index (χ3n) is 3.43. The van der Waals surface area contributed by atoms with Crippen molar-refractivity contribution in [2.24, 2.45) is 5.41 Å². The lowest BCUT2D eigenvalue weighted by Gasteiger charge is -2.10. The molecule has 0 bridgehead atoms. The summed E-state index contributed by atoms with van der Waals surface area (Å²) in [6.07, 6.45) is 1.13. The molecule has 0 aliphatic heterocycles. The van der Waals surface area contributed by atoms with Gasteiger partial charge in [-0.25, -0.2) is 4.79 Å². The average molecular weight is 233 g/mol. The maximum absolute atomic E-state index is 11.1. The number of aromatic nitrogens is 1. The van der Waals surface area contributed by atoms with Crippen molar-refractivity contribution in [2.75, 3.05) is 11.1 Å². The molecule has 90 valence electrons.